The van der Waals surface area contributed by atoms with E-state index in [0.29, 0.717) is 23.6 Å². The van der Waals surface area contributed by atoms with Gasteiger partial charge in [0.05, 0.1) is 7.11 Å². The Morgan fingerprint density at radius 3 is 2.47 bits per heavy atom. The molecule has 3 aromatic carbocycles. The van der Waals surface area contributed by atoms with Crippen molar-refractivity contribution in [3.8, 4) is 22.9 Å². The van der Waals surface area contributed by atoms with Gasteiger partial charge in [-0.15, -0.1) is 10.2 Å². The number of carbonyl (C=O) groups is 1. The van der Waals surface area contributed by atoms with E-state index in [9.17, 15) is 14.0 Å². The molecule has 0 aliphatic heterocycles. The minimum Gasteiger partial charge on any atom is -0.493 e. The summed E-state index contributed by atoms with van der Waals surface area (Å²) in [7, 11) is 1.51. The van der Waals surface area contributed by atoms with Crippen molar-refractivity contribution < 1.29 is 18.7 Å². The van der Waals surface area contributed by atoms with Gasteiger partial charge in [0.2, 0.25) is 5.91 Å². The largest absolute Gasteiger partial charge is 0.493 e. The molecule has 2 N–H and O–H groups in total. The third-order valence-corrected chi connectivity index (χ3v) is 5.91. The van der Waals surface area contributed by atoms with Crippen molar-refractivity contribution in [2.75, 3.05) is 13.7 Å². The number of halogens is 1. The third-order valence-electron chi connectivity index (χ3n) is 5.91. The molecule has 1 aromatic heterocycles. The molecule has 0 unspecified atom stereocenters. The van der Waals surface area contributed by atoms with E-state index in [1.807, 2.05) is 18.2 Å². The fraction of sp³-hybridized carbons (Fsp3) is 0.241. The number of nitrogens with one attached hydrogen (secondary N) is 2. The quantitative estimate of drug-likeness (QED) is 0.273. The van der Waals surface area contributed by atoms with Gasteiger partial charge in [-0.05, 0) is 54.3 Å². The number of aromatic nitrogens is 3. The fourth-order valence-electron chi connectivity index (χ4n) is 3.82. The second-order valence-corrected chi connectivity index (χ2v) is 8.67. The summed E-state index contributed by atoms with van der Waals surface area (Å²) < 4.78 is 24.3. The first kappa shape index (κ1) is 26.5. The predicted molar refractivity (Wildman–Crippen MR) is 141 cm³/mol. The van der Waals surface area contributed by atoms with Gasteiger partial charge in [0, 0.05) is 24.9 Å². The summed E-state index contributed by atoms with van der Waals surface area (Å²) in [6, 6.07) is 21.2. The maximum absolute atomic E-state index is 13.1. The Morgan fingerprint density at radius 2 is 1.74 bits per heavy atom. The van der Waals surface area contributed by atoms with Crippen LogP contribution in [-0.2, 0) is 24.2 Å². The Balaban J connectivity index is 1.30. The van der Waals surface area contributed by atoms with E-state index in [1.165, 1.54) is 24.8 Å². The lowest BCUT2D eigenvalue weighted by Crippen LogP contribution is -2.26. The fourth-order valence-corrected chi connectivity index (χ4v) is 3.82. The summed E-state index contributed by atoms with van der Waals surface area (Å²) in [6.45, 7) is 0.808. The number of H-pyrrole nitrogens is 1. The van der Waals surface area contributed by atoms with Crippen LogP contribution in [0.4, 0.5) is 4.39 Å². The molecule has 4 aromatic rings. The number of carbonyl (C=O) groups excluding carboxylic acids is 1. The lowest BCUT2D eigenvalue weighted by molar-refractivity contribution is -0.121. The standard InChI is InChI=1S/C29H29FN4O4/c1-37-26-18-22(11-15-25(26)38-19-21-9-12-23(30)13-10-21)28-32-29(36)24(33-34-28)14-16-27(35)31-17-5-8-20-6-3-2-4-7-20/h2-4,6-7,9-13,15,18H,5,8,14,16-17,19H2,1H3,(H,31,35)(H,32,34,36). The topological polar surface area (TPSA) is 106 Å². The number of aryl methyl sites for hydroxylation is 2. The van der Waals surface area contributed by atoms with Gasteiger partial charge >= 0.3 is 0 Å². The van der Waals surface area contributed by atoms with Crippen LogP contribution in [0.15, 0.2) is 77.6 Å². The first-order chi connectivity index (χ1) is 18.5. The number of ether oxygens (including phenoxy) is 2. The van der Waals surface area contributed by atoms with Crippen LogP contribution >= 0.6 is 0 Å². The molecule has 38 heavy (non-hydrogen) atoms. The normalized spacial score (nSPS) is 10.7. The first-order valence-electron chi connectivity index (χ1n) is 12.3. The molecule has 9 heteroatoms. The van der Waals surface area contributed by atoms with Crippen LogP contribution in [-0.4, -0.2) is 34.7 Å². The third kappa shape index (κ3) is 7.49. The number of hydrogen-bond acceptors (Lipinski definition) is 6. The van der Waals surface area contributed by atoms with Crippen molar-refractivity contribution in [3.63, 3.8) is 0 Å². The van der Waals surface area contributed by atoms with Gasteiger partial charge in [-0.1, -0.05) is 42.5 Å². The maximum atomic E-state index is 13.1. The van der Waals surface area contributed by atoms with Crippen molar-refractivity contribution in [2.24, 2.45) is 0 Å². The van der Waals surface area contributed by atoms with Crippen molar-refractivity contribution >= 4 is 5.91 Å². The highest BCUT2D eigenvalue weighted by atomic mass is 19.1. The maximum Gasteiger partial charge on any atom is 0.273 e. The van der Waals surface area contributed by atoms with Gasteiger partial charge < -0.3 is 19.8 Å². The van der Waals surface area contributed by atoms with E-state index < -0.39 is 5.56 Å². The van der Waals surface area contributed by atoms with E-state index in [-0.39, 0.29) is 42.7 Å². The van der Waals surface area contributed by atoms with Gasteiger partial charge in [-0.25, -0.2) is 4.39 Å². The minimum atomic E-state index is -0.400. The van der Waals surface area contributed by atoms with Gasteiger partial charge in [0.15, 0.2) is 17.3 Å². The zero-order valence-corrected chi connectivity index (χ0v) is 21.1. The number of benzene rings is 3. The molecule has 1 heterocycles. The Labute approximate surface area is 219 Å². The number of hydrogen-bond donors (Lipinski definition) is 2. The second-order valence-electron chi connectivity index (χ2n) is 8.67. The molecule has 0 aliphatic carbocycles. The molecule has 0 fully saturated rings. The van der Waals surface area contributed by atoms with Crippen LogP contribution in [0.5, 0.6) is 11.5 Å². The molecule has 0 spiro atoms. The molecule has 4 rings (SSSR count). The molecule has 8 nitrogen and oxygen atoms in total. The zero-order chi connectivity index (χ0) is 26.7. The van der Waals surface area contributed by atoms with Gasteiger partial charge in [0.1, 0.15) is 18.1 Å². The van der Waals surface area contributed by atoms with Crippen LogP contribution in [0.1, 0.15) is 29.7 Å². The molecule has 0 radical (unpaired) electrons. The second kappa shape index (κ2) is 13.1. The Hall–Kier alpha value is -4.53. The van der Waals surface area contributed by atoms with E-state index in [2.05, 4.69) is 32.6 Å². The van der Waals surface area contributed by atoms with Crippen molar-refractivity contribution in [3.05, 3.63) is 106 Å². The molecule has 0 atom stereocenters. The van der Waals surface area contributed by atoms with Crippen molar-refractivity contribution in [2.45, 2.75) is 32.3 Å². The smallest absolute Gasteiger partial charge is 0.273 e. The summed E-state index contributed by atoms with van der Waals surface area (Å²) in [6.07, 6.45) is 2.06. The van der Waals surface area contributed by atoms with Crippen LogP contribution in [0, 0.1) is 5.82 Å². The average molecular weight is 517 g/mol. The van der Waals surface area contributed by atoms with E-state index in [0.717, 1.165) is 18.4 Å². The highest BCUT2D eigenvalue weighted by Crippen LogP contribution is 2.31. The molecule has 0 aliphatic rings. The molecule has 0 bridgehead atoms. The van der Waals surface area contributed by atoms with E-state index in [1.54, 1.807) is 30.3 Å². The summed E-state index contributed by atoms with van der Waals surface area (Å²) in [4.78, 5) is 27.5. The molecule has 0 saturated carbocycles. The average Bonchev–Trinajstić information content (AvgIpc) is 2.95. The number of aromatic amines is 1. The Bertz CT molecular complexity index is 1410. The van der Waals surface area contributed by atoms with Gasteiger partial charge in [0.25, 0.3) is 5.56 Å². The van der Waals surface area contributed by atoms with Gasteiger partial charge in [-0.3, -0.25) is 9.59 Å². The predicted octanol–water partition coefficient (Wildman–Crippen LogP) is 4.24. The van der Waals surface area contributed by atoms with Crippen LogP contribution in [0.25, 0.3) is 11.4 Å². The van der Waals surface area contributed by atoms with Gasteiger partial charge in [-0.2, -0.15) is 0 Å². The van der Waals surface area contributed by atoms with E-state index >= 15 is 0 Å². The SMILES string of the molecule is COc1cc(-c2nnc(CCC(=O)NCCCc3ccccc3)c(=O)[nH]2)ccc1OCc1ccc(F)cc1. The highest BCUT2D eigenvalue weighted by Gasteiger charge is 2.12. The van der Waals surface area contributed by atoms with Crippen LogP contribution in [0.2, 0.25) is 0 Å². The Morgan fingerprint density at radius 1 is 0.947 bits per heavy atom. The van der Waals surface area contributed by atoms with Crippen molar-refractivity contribution in [1.82, 2.24) is 20.5 Å². The zero-order valence-electron chi connectivity index (χ0n) is 21.1. The molecular formula is C29H29FN4O4. The first-order valence-corrected chi connectivity index (χ1v) is 12.3. The van der Waals surface area contributed by atoms with Crippen LogP contribution in [0.3, 0.4) is 0 Å². The minimum absolute atomic E-state index is 0.135. The highest BCUT2D eigenvalue weighted by molar-refractivity contribution is 5.76. The Kier molecular flexibility index (Phi) is 9.17. The lowest BCUT2D eigenvalue weighted by atomic mass is 10.1. The summed E-state index contributed by atoms with van der Waals surface area (Å²) >= 11 is 0. The lowest BCUT2D eigenvalue weighted by Gasteiger charge is -2.12. The summed E-state index contributed by atoms with van der Waals surface area (Å²) in [5.41, 5.74) is 2.42. The van der Waals surface area contributed by atoms with E-state index in [4.69, 9.17) is 9.47 Å². The molecule has 0 saturated heterocycles. The summed E-state index contributed by atoms with van der Waals surface area (Å²) in [5, 5.41) is 11.1. The monoisotopic (exact) mass is 516 g/mol. The van der Waals surface area contributed by atoms with Crippen LogP contribution < -0.4 is 20.3 Å². The number of amides is 1. The van der Waals surface area contributed by atoms with Crippen molar-refractivity contribution in [1.29, 1.82) is 0 Å². The number of rotatable bonds is 12. The molecular weight excluding hydrogens is 487 g/mol. The number of nitrogens with zero attached hydrogens (tertiary/aromatic N) is 2. The summed E-state index contributed by atoms with van der Waals surface area (Å²) in [5.74, 6) is 0.758. The molecule has 196 valence electrons. The molecule has 1 amide bonds. The number of methoxy groups -OCH3 is 1.